The van der Waals surface area contributed by atoms with Gasteiger partial charge in [-0.2, -0.15) is 0 Å². The zero-order chi connectivity index (χ0) is 16.9. The minimum absolute atomic E-state index is 0.483. The fourth-order valence-electron chi connectivity index (χ4n) is 1.81. The summed E-state index contributed by atoms with van der Waals surface area (Å²) in [6.45, 7) is 11.4. The third-order valence-corrected chi connectivity index (χ3v) is 3.38. The van der Waals surface area contributed by atoms with Gasteiger partial charge >= 0.3 is 0 Å². The first-order valence-electron chi connectivity index (χ1n) is 8.24. The van der Waals surface area contributed by atoms with Crippen molar-refractivity contribution in [3.8, 4) is 0 Å². The lowest BCUT2D eigenvalue weighted by molar-refractivity contribution is 0.129. The normalized spacial score (nSPS) is 11.5. The van der Waals surface area contributed by atoms with Gasteiger partial charge in [-0.25, -0.2) is 4.99 Å². The van der Waals surface area contributed by atoms with Crippen LogP contribution in [0.25, 0.3) is 0 Å². The standard InChI is InChI=1S/C16H30N6O/c1-5-7-11-23-12-8-10-18-16(17-9-6-2)19-13-15-21-20-14(3)22(15)4/h6H,2,5,7-13H2,1,3-4H3,(H2,17,18,19). The molecular formula is C16H30N6O. The van der Waals surface area contributed by atoms with Gasteiger partial charge in [-0.05, 0) is 19.8 Å². The van der Waals surface area contributed by atoms with E-state index in [4.69, 9.17) is 4.74 Å². The van der Waals surface area contributed by atoms with E-state index in [-0.39, 0.29) is 0 Å². The molecule has 0 radical (unpaired) electrons. The number of ether oxygens (including phenoxy) is 1. The Morgan fingerprint density at radius 1 is 1.30 bits per heavy atom. The molecule has 0 aliphatic heterocycles. The number of guanidine groups is 1. The SMILES string of the molecule is C=CCNC(=NCc1nnc(C)n1C)NCCCOCCCC. The van der Waals surface area contributed by atoms with Crippen LogP contribution < -0.4 is 10.6 Å². The van der Waals surface area contributed by atoms with Gasteiger partial charge in [0.25, 0.3) is 0 Å². The van der Waals surface area contributed by atoms with E-state index in [1.807, 2.05) is 18.5 Å². The number of aryl methyl sites for hydroxylation is 1. The topological polar surface area (TPSA) is 76.4 Å². The quantitative estimate of drug-likeness (QED) is 0.280. The van der Waals surface area contributed by atoms with E-state index in [1.165, 1.54) is 6.42 Å². The van der Waals surface area contributed by atoms with E-state index >= 15 is 0 Å². The van der Waals surface area contributed by atoms with Crippen molar-refractivity contribution >= 4 is 5.96 Å². The van der Waals surface area contributed by atoms with Gasteiger partial charge in [0.1, 0.15) is 12.4 Å². The predicted octanol–water partition coefficient (Wildman–Crippen LogP) is 1.55. The van der Waals surface area contributed by atoms with Crippen LogP contribution in [0.5, 0.6) is 0 Å². The smallest absolute Gasteiger partial charge is 0.191 e. The maximum atomic E-state index is 5.55. The maximum absolute atomic E-state index is 5.55. The molecule has 1 aromatic heterocycles. The number of nitrogens with zero attached hydrogens (tertiary/aromatic N) is 4. The van der Waals surface area contributed by atoms with Crippen LogP contribution in [0.1, 0.15) is 37.8 Å². The maximum Gasteiger partial charge on any atom is 0.191 e. The second kappa shape index (κ2) is 11.6. The van der Waals surface area contributed by atoms with Gasteiger partial charge in [0.2, 0.25) is 0 Å². The molecule has 0 aromatic carbocycles. The van der Waals surface area contributed by atoms with Crippen LogP contribution in [-0.4, -0.2) is 47.0 Å². The van der Waals surface area contributed by atoms with Crippen molar-refractivity contribution in [3.05, 3.63) is 24.3 Å². The van der Waals surface area contributed by atoms with Gasteiger partial charge in [0.05, 0.1) is 0 Å². The highest BCUT2D eigenvalue weighted by Crippen LogP contribution is 1.99. The molecule has 0 aliphatic rings. The van der Waals surface area contributed by atoms with E-state index in [2.05, 4.69) is 39.3 Å². The second-order valence-electron chi connectivity index (χ2n) is 5.30. The summed E-state index contributed by atoms with van der Waals surface area (Å²) >= 11 is 0. The summed E-state index contributed by atoms with van der Waals surface area (Å²) in [5.74, 6) is 2.47. The van der Waals surface area contributed by atoms with Gasteiger partial charge in [0.15, 0.2) is 11.8 Å². The van der Waals surface area contributed by atoms with Crippen molar-refractivity contribution in [2.75, 3.05) is 26.3 Å². The van der Waals surface area contributed by atoms with E-state index in [0.29, 0.717) is 13.1 Å². The van der Waals surface area contributed by atoms with Crippen molar-refractivity contribution < 1.29 is 4.74 Å². The highest BCUT2D eigenvalue weighted by atomic mass is 16.5. The molecule has 1 heterocycles. The first-order valence-corrected chi connectivity index (χ1v) is 8.24. The average Bonchev–Trinajstić information content (AvgIpc) is 2.87. The Hall–Kier alpha value is -1.89. The first kappa shape index (κ1) is 19.2. The molecule has 0 unspecified atom stereocenters. The Kier molecular flexibility index (Phi) is 9.70. The number of nitrogens with one attached hydrogen (secondary N) is 2. The fraction of sp³-hybridized carbons (Fsp3) is 0.688. The second-order valence-corrected chi connectivity index (χ2v) is 5.30. The molecule has 7 heteroatoms. The molecule has 1 aromatic rings. The molecule has 1 rings (SSSR count). The lowest BCUT2D eigenvalue weighted by Gasteiger charge is -2.11. The van der Waals surface area contributed by atoms with Crippen LogP contribution in [0.2, 0.25) is 0 Å². The summed E-state index contributed by atoms with van der Waals surface area (Å²) in [4.78, 5) is 4.54. The van der Waals surface area contributed by atoms with Crippen molar-refractivity contribution in [2.24, 2.45) is 12.0 Å². The molecule has 0 amide bonds. The highest BCUT2D eigenvalue weighted by Gasteiger charge is 2.04. The van der Waals surface area contributed by atoms with Crippen LogP contribution in [-0.2, 0) is 18.3 Å². The lowest BCUT2D eigenvalue weighted by atomic mass is 10.4. The molecule has 0 atom stereocenters. The number of rotatable bonds is 11. The van der Waals surface area contributed by atoms with Crippen molar-refractivity contribution in [1.82, 2.24) is 25.4 Å². The molecule has 0 saturated heterocycles. The minimum atomic E-state index is 0.483. The number of unbranched alkanes of at least 4 members (excludes halogenated alkanes) is 1. The van der Waals surface area contributed by atoms with Crippen molar-refractivity contribution in [3.63, 3.8) is 0 Å². The van der Waals surface area contributed by atoms with Gasteiger partial charge in [-0.1, -0.05) is 19.4 Å². The predicted molar refractivity (Wildman–Crippen MR) is 93.4 cm³/mol. The molecule has 0 saturated carbocycles. The Morgan fingerprint density at radius 3 is 2.74 bits per heavy atom. The third kappa shape index (κ3) is 7.78. The number of hydrogen-bond donors (Lipinski definition) is 2. The van der Waals surface area contributed by atoms with E-state index < -0.39 is 0 Å². The zero-order valence-corrected chi connectivity index (χ0v) is 14.6. The Bertz CT molecular complexity index is 483. The summed E-state index contributed by atoms with van der Waals surface area (Å²) in [5, 5.41) is 14.6. The van der Waals surface area contributed by atoms with Gasteiger partial charge in [-0.15, -0.1) is 16.8 Å². The first-order chi connectivity index (χ1) is 11.2. The van der Waals surface area contributed by atoms with E-state index in [9.17, 15) is 0 Å². The number of aliphatic imine (C=N–C) groups is 1. The van der Waals surface area contributed by atoms with Crippen molar-refractivity contribution in [2.45, 2.75) is 39.7 Å². The fourth-order valence-corrected chi connectivity index (χ4v) is 1.81. The average molecular weight is 322 g/mol. The molecule has 2 N–H and O–H groups in total. The summed E-state index contributed by atoms with van der Waals surface area (Å²) < 4.78 is 7.49. The minimum Gasteiger partial charge on any atom is -0.381 e. The van der Waals surface area contributed by atoms with Gasteiger partial charge in [-0.3, -0.25) is 0 Å². The number of hydrogen-bond acceptors (Lipinski definition) is 4. The van der Waals surface area contributed by atoms with E-state index in [1.54, 1.807) is 6.08 Å². The molecule has 0 bridgehead atoms. The van der Waals surface area contributed by atoms with Crippen molar-refractivity contribution in [1.29, 1.82) is 0 Å². The van der Waals surface area contributed by atoms with Crippen LogP contribution in [0.3, 0.4) is 0 Å². The molecule has 0 spiro atoms. The zero-order valence-electron chi connectivity index (χ0n) is 14.6. The Balaban J connectivity index is 2.37. The summed E-state index contributed by atoms with van der Waals surface area (Å²) in [6, 6.07) is 0. The van der Waals surface area contributed by atoms with Crippen LogP contribution in [0.4, 0.5) is 0 Å². The summed E-state index contributed by atoms with van der Waals surface area (Å²) in [6.07, 6.45) is 5.04. The van der Waals surface area contributed by atoms with Crippen LogP contribution >= 0.6 is 0 Å². The van der Waals surface area contributed by atoms with Crippen LogP contribution in [0.15, 0.2) is 17.6 Å². The number of aromatic nitrogens is 3. The third-order valence-electron chi connectivity index (χ3n) is 3.38. The molecule has 0 aliphatic carbocycles. The lowest BCUT2D eigenvalue weighted by Crippen LogP contribution is -2.38. The molecule has 23 heavy (non-hydrogen) atoms. The highest BCUT2D eigenvalue weighted by molar-refractivity contribution is 5.79. The molecule has 130 valence electrons. The van der Waals surface area contributed by atoms with Gasteiger partial charge < -0.3 is 19.9 Å². The molecule has 0 fully saturated rings. The summed E-state index contributed by atoms with van der Waals surface area (Å²) in [7, 11) is 1.94. The summed E-state index contributed by atoms with van der Waals surface area (Å²) in [5.41, 5.74) is 0. The van der Waals surface area contributed by atoms with Gasteiger partial charge in [0, 0.05) is 33.4 Å². The Labute approximate surface area is 139 Å². The Morgan fingerprint density at radius 2 is 2.09 bits per heavy atom. The largest absolute Gasteiger partial charge is 0.381 e. The monoisotopic (exact) mass is 322 g/mol. The van der Waals surface area contributed by atoms with E-state index in [0.717, 1.165) is 50.2 Å². The van der Waals surface area contributed by atoms with Crippen LogP contribution in [0, 0.1) is 6.92 Å². The molecule has 7 nitrogen and oxygen atoms in total. The molecular weight excluding hydrogens is 292 g/mol.